The van der Waals surface area contributed by atoms with Crippen LogP contribution in [0.2, 0.25) is 0 Å². The predicted molar refractivity (Wildman–Crippen MR) is 279 cm³/mol. The number of piperidine rings is 2. The van der Waals surface area contributed by atoms with E-state index in [1.54, 1.807) is 79.8 Å². The Morgan fingerprint density at radius 1 is 0.806 bits per heavy atom. The van der Waals surface area contributed by atoms with Crippen LogP contribution >= 0.6 is 23.1 Å². The van der Waals surface area contributed by atoms with Gasteiger partial charge in [0.25, 0.3) is 11.8 Å². The number of nitrogens with one attached hydrogen (secondary N) is 3. The van der Waals surface area contributed by atoms with Gasteiger partial charge in [-0.3, -0.25) is 39.0 Å². The SMILES string of the molecule is COc1cc(N2CCC(CN3CCN(c4ccc5c(c4)C(=O)N(C4CCC(=O)NC4=O)C5=O)CC3)CC2)c(-c2cnn(C)c2)cc1Nc1ncc(Br)c(Nc2ccc(-c3ccccc3F)cc2P(C)(C)=O)n1. The lowest BCUT2D eigenvalue weighted by molar-refractivity contribution is -0.136. The molecule has 17 nitrogen and oxygen atoms in total. The predicted octanol–water partition coefficient (Wildman–Crippen LogP) is 7.63. The molecule has 4 aliphatic heterocycles. The highest BCUT2D eigenvalue weighted by molar-refractivity contribution is 9.10. The Balaban J connectivity index is 0.800. The van der Waals surface area contributed by atoms with Gasteiger partial charge in [-0.25, -0.2) is 9.37 Å². The van der Waals surface area contributed by atoms with E-state index in [0.717, 1.165) is 86.1 Å². The average Bonchev–Trinajstić information content (AvgIpc) is 3.91. The lowest BCUT2D eigenvalue weighted by atomic mass is 9.94. The molecule has 3 fully saturated rings. The lowest BCUT2D eigenvalue weighted by Gasteiger charge is -2.40. The molecule has 1 atom stereocenters. The van der Waals surface area contributed by atoms with Gasteiger partial charge in [0, 0.05) is 111 Å². The van der Waals surface area contributed by atoms with Crippen molar-refractivity contribution in [2.75, 3.05) is 86.7 Å². The third-order valence-electron chi connectivity index (χ3n) is 14.0. The number of ether oxygens (including phenoxy) is 1. The van der Waals surface area contributed by atoms with Crippen molar-refractivity contribution in [3.05, 3.63) is 113 Å². The van der Waals surface area contributed by atoms with Crippen LogP contribution in [0.1, 0.15) is 46.4 Å². The molecule has 6 heterocycles. The number of anilines is 6. The minimum Gasteiger partial charge on any atom is -0.494 e. The number of carbonyl (C=O) groups excluding carboxylic acids is 4. The number of aromatic nitrogens is 4. The Kier molecular flexibility index (Phi) is 13.5. The fourth-order valence-electron chi connectivity index (χ4n) is 10.2. The molecule has 20 heteroatoms. The van der Waals surface area contributed by atoms with Gasteiger partial charge in [0.2, 0.25) is 17.8 Å². The summed E-state index contributed by atoms with van der Waals surface area (Å²) in [7, 11) is 0.677. The van der Waals surface area contributed by atoms with E-state index >= 15 is 0 Å². The molecule has 2 aromatic heterocycles. The summed E-state index contributed by atoms with van der Waals surface area (Å²) in [5.41, 5.74) is 6.65. The highest BCUT2D eigenvalue weighted by Crippen LogP contribution is 2.43. The molecule has 4 amide bonds. The summed E-state index contributed by atoms with van der Waals surface area (Å²) >= 11 is 3.59. The summed E-state index contributed by atoms with van der Waals surface area (Å²) in [4.78, 5) is 68.6. The van der Waals surface area contributed by atoms with Crippen LogP contribution in [-0.2, 0) is 21.2 Å². The van der Waals surface area contributed by atoms with Crippen molar-refractivity contribution in [1.29, 1.82) is 0 Å². The van der Waals surface area contributed by atoms with Crippen molar-refractivity contribution in [3.63, 3.8) is 0 Å². The molecule has 4 aromatic carbocycles. The summed E-state index contributed by atoms with van der Waals surface area (Å²) in [5.74, 6) is -0.551. The summed E-state index contributed by atoms with van der Waals surface area (Å²) in [6.07, 6.45) is 7.68. The largest absolute Gasteiger partial charge is 0.494 e. The average molecular weight is 1060 g/mol. The van der Waals surface area contributed by atoms with Gasteiger partial charge >= 0.3 is 0 Å². The maximum Gasteiger partial charge on any atom is 0.262 e. The number of halogens is 2. The lowest BCUT2D eigenvalue weighted by Crippen LogP contribution is -2.54. The fourth-order valence-corrected chi connectivity index (χ4v) is 11.6. The number of hydrogen-bond donors (Lipinski definition) is 3. The van der Waals surface area contributed by atoms with Crippen molar-refractivity contribution in [3.8, 4) is 28.0 Å². The summed E-state index contributed by atoms with van der Waals surface area (Å²) in [6.45, 7) is 9.28. The molecule has 1 unspecified atom stereocenters. The minimum atomic E-state index is -2.85. The van der Waals surface area contributed by atoms with Crippen molar-refractivity contribution < 1.29 is 32.9 Å². The van der Waals surface area contributed by atoms with Crippen LogP contribution in [0, 0.1) is 11.7 Å². The van der Waals surface area contributed by atoms with Crippen LogP contribution in [0.3, 0.4) is 0 Å². The third kappa shape index (κ3) is 9.84. The van der Waals surface area contributed by atoms with E-state index in [2.05, 4.69) is 62.7 Å². The Bertz CT molecular complexity index is 3180. The molecule has 4 aliphatic rings. The first-order valence-electron chi connectivity index (χ1n) is 23.9. The molecule has 3 N–H and O–H groups in total. The second kappa shape index (κ2) is 19.9. The van der Waals surface area contributed by atoms with Gasteiger partial charge in [0.05, 0.1) is 40.3 Å². The van der Waals surface area contributed by atoms with Gasteiger partial charge in [-0.2, -0.15) is 10.1 Å². The number of amides is 4. The number of nitrogens with zero attached hydrogens (tertiary/aromatic N) is 8. The van der Waals surface area contributed by atoms with Crippen LogP contribution in [0.15, 0.2) is 95.9 Å². The van der Waals surface area contributed by atoms with Crippen LogP contribution in [-0.4, -0.2) is 125 Å². The van der Waals surface area contributed by atoms with Crippen LogP contribution in [0.4, 0.5) is 38.9 Å². The Hall–Kier alpha value is -6.95. The van der Waals surface area contributed by atoms with Crippen molar-refractivity contribution in [2.24, 2.45) is 13.0 Å². The van der Waals surface area contributed by atoms with E-state index in [-0.39, 0.29) is 29.8 Å². The number of rotatable bonds is 13. The number of carbonyl (C=O) groups is 4. The number of fused-ring (bicyclic) bond motifs is 1. The highest BCUT2D eigenvalue weighted by Gasteiger charge is 2.45. The molecule has 0 spiro atoms. The number of piperazine rings is 1. The second-order valence-electron chi connectivity index (χ2n) is 19.1. The third-order valence-corrected chi connectivity index (χ3v) is 16.1. The molecular formula is C52H54BrFN11O6P. The van der Waals surface area contributed by atoms with E-state index in [1.165, 1.54) is 6.07 Å². The minimum absolute atomic E-state index is 0.0766. The molecular weight excluding hydrogens is 1000 g/mol. The number of benzene rings is 4. The van der Waals surface area contributed by atoms with Gasteiger partial charge in [-0.1, -0.05) is 24.3 Å². The smallest absolute Gasteiger partial charge is 0.262 e. The maximum absolute atomic E-state index is 14.8. The molecule has 372 valence electrons. The summed E-state index contributed by atoms with van der Waals surface area (Å²) in [5, 5.41) is 14.1. The molecule has 3 saturated heterocycles. The quantitative estimate of drug-likeness (QED) is 0.0757. The summed E-state index contributed by atoms with van der Waals surface area (Å²) in [6, 6.07) is 20.3. The standard InChI is InChI=1S/C52H54BrFN11O6P/c1-61-30-33(27-56-61)37-25-42(58-52-55-28-39(53)48(60-52)57-41-12-9-32(23-46(41)72(3,4)70)35-7-5-6-8-40(35)54)45(71-2)26-44(37)64-17-15-31(16-18-64)29-62-19-21-63(22-20-62)34-10-11-36-38(24-34)51(69)65(50(36)68)43-13-14-47(66)59-49(43)67/h5-12,23-28,30-31,43H,13-22,29H2,1-4H3,(H,59,66,67)(H2,55,57,58,60). The van der Waals surface area contributed by atoms with Gasteiger partial charge in [-0.05, 0) is 102 Å². The van der Waals surface area contributed by atoms with Gasteiger partial charge < -0.3 is 29.7 Å². The van der Waals surface area contributed by atoms with E-state index in [9.17, 15) is 28.1 Å². The first-order valence-corrected chi connectivity index (χ1v) is 27.3. The molecule has 0 aliphatic carbocycles. The van der Waals surface area contributed by atoms with Crippen LogP contribution in [0.5, 0.6) is 5.75 Å². The molecule has 0 bridgehead atoms. The fraction of sp³-hybridized carbons (Fsp3) is 0.327. The number of imide groups is 2. The molecule has 72 heavy (non-hydrogen) atoms. The van der Waals surface area contributed by atoms with E-state index in [4.69, 9.17) is 9.72 Å². The Morgan fingerprint density at radius 2 is 1.57 bits per heavy atom. The summed E-state index contributed by atoms with van der Waals surface area (Å²) < 4.78 is 36.8. The molecule has 6 aromatic rings. The van der Waals surface area contributed by atoms with E-state index < -0.39 is 36.8 Å². The number of hydrogen-bond acceptors (Lipinski definition) is 14. The first kappa shape index (κ1) is 48.7. The Morgan fingerprint density at radius 3 is 2.28 bits per heavy atom. The zero-order chi connectivity index (χ0) is 50.4. The zero-order valence-electron chi connectivity index (χ0n) is 40.3. The van der Waals surface area contributed by atoms with Gasteiger partial charge in [0.1, 0.15) is 30.6 Å². The topological polar surface area (TPSA) is 187 Å². The molecule has 0 radical (unpaired) electrons. The van der Waals surface area contributed by atoms with Crippen LogP contribution < -0.4 is 35.8 Å². The van der Waals surface area contributed by atoms with E-state index in [1.807, 2.05) is 31.6 Å². The normalized spacial score (nSPS) is 17.9. The van der Waals surface area contributed by atoms with Crippen molar-refractivity contribution >= 4 is 86.5 Å². The maximum atomic E-state index is 14.8. The number of methoxy groups -OCH3 is 1. The van der Waals surface area contributed by atoms with Gasteiger partial charge in [0.15, 0.2) is 0 Å². The van der Waals surface area contributed by atoms with E-state index in [0.29, 0.717) is 55.7 Å². The van der Waals surface area contributed by atoms with Crippen LogP contribution in [0.25, 0.3) is 22.3 Å². The zero-order valence-corrected chi connectivity index (χ0v) is 42.8. The molecule has 10 rings (SSSR count). The Labute approximate surface area is 424 Å². The van der Waals surface area contributed by atoms with Crippen molar-refractivity contribution in [2.45, 2.75) is 31.7 Å². The van der Waals surface area contributed by atoms with Gasteiger partial charge in [-0.15, -0.1) is 0 Å². The first-order chi connectivity index (χ1) is 34.6. The molecule has 0 saturated carbocycles. The monoisotopic (exact) mass is 1060 g/mol. The second-order valence-corrected chi connectivity index (χ2v) is 23.1. The highest BCUT2D eigenvalue weighted by atomic mass is 79.9. The number of aryl methyl sites for hydroxylation is 1. The van der Waals surface area contributed by atoms with Crippen molar-refractivity contribution in [1.82, 2.24) is 34.9 Å².